The third kappa shape index (κ3) is 3.07. The number of aryl methyl sites for hydroxylation is 1. The molecule has 0 aliphatic carbocycles. The molecule has 4 aromatic rings. The third-order valence-corrected chi connectivity index (χ3v) is 5.26. The molecule has 4 rings (SSSR count). The van der Waals surface area contributed by atoms with Crippen LogP contribution in [0.15, 0.2) is 59.2 Å². The van der Waals surface area contributed by atoms with E-state index in [0.29, 0.717) is 22.9 Å². The number of furan rings is 1. The minimum absolute atomic E-state index is 0.223. The van der Waals surface area contributed by atoms with Crippen molar-refractivity contribution < 1.29 is 9.21 Å². The Bertz CT molecular complexity index is 1070. The number of benzene rings is 1. The van der Waals surface area contributed by atoms with Gasteiger partial charge in [-0.25, -0.2) is 4.98 Å². The van der Waals surface area contributed by atoms with Crippen LogP contribution < -0.4 is 11.1 Å². The average molecular weight is 363 g/mol. The number of hydrogen-bond acceptors (Lipinski definition) is 5. The number of carbonyl (C=O) groups excluding carboxylic acids is 1. The summed E-state index contributed by atoms with van der Waals surface area (Å²) in [5.41, 5.74) is 9.74. The predicted molar refractivity (Wildman–Crippen MR) is 104 cm³/mol. The lowest BCUT2D eigenvalue weighted by Crippen LogP contribution is -2.22. The van der Waals surface area contributed by atoms with Crippen LogP contribution in [0.5, 0.6) is 0 Å². The van der Waals surface area contributed by atoms with E-state index >= 15 is 0 Å². The number of nitrogens with two attached hydrogens (primary N) is 1. The molecular formula is C20H17N3O2S. The zero-order chi connectivity index (χ0) is 18.1. The molecule has 3 N–H and O–H groups in total. The summed E-state index contributed by atoms with van der Waals surface area (Å²) in [5, 5.41) is 3.63. The summed E-state index contributed by atoms with van der Waals surface area (Å²) < 4.78 is 5.23. The number of nitrogens with one attached hydrogen (secondary N) is 1. The van der Waals surface area contributed by atoms with Crippen molar-refractivity contribution in [2.75, 3.05) is 5.73 Å². The molecule has 130 valence electrons. The maximum Gasteiger partial charge on any atom is 0.263 e. The summed E-state index contributed by atoms with van der Waals surface area (Å²) in [6.07, 6.45) is 1.58. The SMILES string of the molecule is Cc1ccc(-c2ccc3c(N)c(C(=O)NCc4ccco4)sc3n2)cc1. The molecule has 1 aromatic carbocycles. The highest BCUT2D eigenvalue weighted by molar-refractivity contribution is 7.21. The van der Waals surface area contributed by atoms with Gasteiger partial charge in [-0.1, -0.05) is 29.8 Å². The summed E-state index contributed by atoms with van der Waals surface area (Å²) in [7, 11) is 0. The molecule has 0 saturated carbocycles. The van der Waals surface area contributed by atoms with Crippen LogP contribution in [0.4, 0.5) is 5.69 Å². The van der Waals surface area contributed by atoms with Crippen molar-refractivity contribution in [3.8, 4) is 11.3 Å². The number of nitrogen functional groups attached to an aromatic ring is 1. The van der Waals surface area contributed by atoms with Gasteiger partial charge in [0.15, 0.2) is 0 Å². The molecule has 3 heterocycles. The Balaban J connectivity index is 1.63. The van der Waals surface area contributed by atoms with E-state index in [9.17, 15) is 4.79 Å². The number of nitrogens with zero attached hydrogens (tertiary/aromatic N) is 1. The van der Waals surface area contributed by atoms with Gasteiger partial charge in [-0.3, -0.25) is 4.79 Å². The van der Waals surface area contributed by atoms with Crippen LogP contribution in [0.3, 0.4) is 0 Å². The van der Waals surface area contributed by atoms with E-state index in [1.54, 1.807) is 12.3 Å². The van der Waals surface area contributed by atoms with Crippen LogP contribution >= 0.6 is 11.3 Å². The average Bonchev–Trinajstić information content (AvgIpc) is 3.28. The van der Waals surface area contributed by atoms with E-state index in [4.69, 9.17) is 10.2 Å². The maximum atomic E-state index is 12.5. The van der Waals surface area contributed by atoms with Crippen molar-refractivity contribution >= 4 is 33.1 Å². The standard InChI is InChI=1S/C20H17N3O2S/c1-12-4-6-13(7-5-12)16-9-8-15-17(21)18(26-20(15)23-16)19(24)22-11-14-3-2-10-25-14/h2-10H,11,21H2,1H3,(H,22,24). The number of hydrogen-bond donors (Lipinski definition) is 2. The van der Waals surface area contributed by atoms with Crippen LogP contribution in [0.2, 0.25) is 0 Å². The maximum absolute atomic E-state index is 12.5. The van der Waals surface area contributed by atoms with Crippen LogP contribution in [0, 0.1) is 6.92 Å². The first kappa shape index (κ1) is 16.4. The second kappa shape index (κ2) is 6.65. The number of fused-ring (bicyclic) bond motifs is 1. The number of aromatic nitrogens is 1. The van der Waals surface area contributed by atoms with E-state index in [-0.39, 0.29) is 5.91 Å². The molecule has 0 atom stereocenters. The molecule has 0 aliphatic rings. The van der Waals surface area contributed by atoms with E-state index in [1.807, 2.05) is 37.3 Å². The minimum Gasteiger partial charge on any atom is -0.467 e. The molecule has 5 nitrogen and oxygen atoms in total. The largest absolute Gasteiger partial charge is 0.467 e. The first-order valence-corrected chi connectivity index (χ1v) is 9.00. The second-order valence-electron chi connectivity index (χ2n) is 6.02. The monoisotopic (exact) mass is 363 g/mol. The Morgan fingerprint density at radius 3 is 2.73 bits per heavy atom. The fourth-order valence-corrected chi connectivity index (χ4v) is 3.72. The Labute approximate surface area is 154 Å². The number of amides is 1. The van der Waals surface area contributed by atoms with Crippen LogP contribution in [0.1, 0.15) is 21.0 Å². The van der Waals surface area contributed by atoms with Gasteiger partial charge in [0.05, 0.1) is 24.2 Å². The highest BCUT2D eigenvalue weighted by atomic mass is 32.1. The Kier molecular flexibility index (Phi) is 4.18. The van der Waals surface area contributed by atoms with Gasteiger partial charge in [-0.05, 0) is 31.2 Å². The lowest BCUT2D eigenvalue weighted by molar-refractivity contribution is 0.0953. The fourth-order valence-electron chi connectivity index (χ4n) is 2.71. The molecule has 0 bridgehead atoms. The highest BCUT2D eigenvalue weighted by Gasteiger charge is 2.18. The zero-order valence-electron chi connectivity index (χ0n) is 14.2. The summed E-state index contributed by atoms with van der Waals surface area (Å²) in [6, 6.07) is 15.6. The summed E-state index contributed by atoms with van der Waals surface area (Å²) in [6.45, 7) is 2.37. The zero-order valence-corrected chi connectivity index (χ0v) is 15.0. The van der Waals surface area contributed by atoms with Crippen LogP contribution in [0.25, 0.3) is 21.5 Å². The van der Waals surface area contributed by atoms with Gasteiger partial charge in [0, 0.05) is 10.9 Å². The van der Waals surface area contributed by atoms with Gasteiger partial charge in [0.1, 0.15) is 15.5 Å². The molecule has 0 aliphatic heterocycles. The number of rotatable bonds is 4. The van der Waals surface area contributed by atoms with Gasteiger partial charge < -0.3 is 15.5 Å². The summed E-state index contributed by atoms with van der Waals surface area (Å²) in [5.74, 6) is 0.469. The van der Waals surface area contributed by atoms with E-state index in [1.165, 1.54) is 16.9 Å². The van der Waals surface area contributed by atoms with Crippen LogP contribution in [-0.2, 0) is 6.54 Å². The molecule has 0 unspecified atom stereocenters. The van der Waals surface area contributed by atoms with Gasteiger partial charge in [0.25, 0.3) is 5.91 Å². The van der Waals surface area contributed by atoms with E-state index < -0.39 is 0 Å². The molecule has 0 fully saturated rings. The second-order valence-corrected chi connectivity index (χ2v) is 7.02. The lowest BCUT2D eigenvalue weighted by atomic mass is 10.1. The van der Waals surface area contributed by atoms with E-state index in [2.05, 4.69) is 22.4 Å². The molecular weight excluding hydrogens is 346 g/mol. The van der Waals surface area contributed by atoms with Crippen molar-refractivity contribution in [2.45, 2.75) is 13.5 Å². The normalized spacial score (nSPS) is 11.0. The number of carbonyl (C=O) groups is 1. The summed E-state index contributed by atoms with van der Waals surface area (Å²) in [4.78, 5) is 18.4. The Hall–Kier alpha value is -3.12. The first-order valence-electron chi connectivity index (χ1n) is 8.18. The van der Waals surface area contributed by atoms with Gasteiger partial charge in [-0.2, -0.15) is 0 Å². The molecule has 26 heavy (non-hydrogen) atoms. The lowest BCUT2D eigenvalue weighted by Gasteiger charge is -2.02. The van der Waals surface area contributed by atoms with Gasteiger partial charge >= 0.3 is 0 Å². The first-order chi connectivity index (χ1) is 12.6. The smallest absolute Gasteiger partial charge is 0.263 e. The van der Waals surface area contributed by atoms with Crippen molar-refractivity contribution in [1.29, 1.82) is 0 Å². The van der Waals surface area contributed by atoms with Gasteiger partial charge in [-0.15, -0.1) is 11.3 Å². The number of thiophene rings is 1. The molecule has 0 radical (unpaired) electrons. The Morgan fingerprint density at radius 2 is 2.00 bits per heavy atom. The minimum atomic E-state index is -0.223. The van der Waals surface area contributed by atoms with Gasteiger partial charge in [0.2, 0.25) is 0 Å². The highest BCUT2D eigenvalue weighted by Crippen LogP contribution is 2.34. The van der Waals surface area contributed by atoms with Crippen molar-refractivity contribution in [3.63, 3.8) is 0 Å². The Morgan fingerprint density at radius 1 is 1.19 bits per heavy atom. The fraction of sp³-hybridized carbons (Fsp3) is 0.100. The predicted octanol–water partition coefficient (Wildman–Crippen LogP) is 4.38. The van der Waals surface area contributed by atoms with E-state index in [0.717, 1.165) is 21.5 Å². The molecule has 0 spiro atoms. The number of anilines is 1. The molecule has 6 heteroatoms. The molecule has 3 aromatic heterocycles. The topological polar surface area (TPSA) is 81.2 Å². The van der Waals surface area contributed by atoms with Crippen molar-refractivity contribution in [3.05, 3.63) is 71.0 Å². The molecule has 1 amide bonds. The molecule has 0 saturated heterocycles. The summed E-state index contributed by atoms with van der Waals surface area (Å²) >= 11 is 1.30. The number of pyridine rings is 1. The van der Waals surface area contributed by atoms with Crippen LogP contribution in [-0.4, -0.2) is 10.9 Å². The van der Waals surface area contributed by atoms with Crippen molar-refractivity contribution in [1.82, 2.24) is 10.3 Å². The third-order valence-electron chi connectivity index (χ3n) is 4.15. The van der Waals surface area contributed by atoms with Crippen molar-refractivity contribution in [2.24, 2.45) is 0 Å². The quantitative estimate of drug-likeness (QED) is 0.564.